The van der Waals surface area contributed by atoms with Crippen molar-refractivity contribution in [2.75, 3.05) is 18.0 Å². The monoisotopic (exact) mass is 279 g/mol. The van der Waals surface area contributed by atoms with E-state index in [0.29, 0.717) is 11.1 Å². The zero-order chi connectivity index (χ0) is 14.9. The molecule has 1 atom stereocenters. The second-order valence-electron chi connectivity index (χ2n) is 6.40. The Kier molecular flexibility index (Phi) is 4.69. The maximum Gasteiger partial charge on any atom is 0.126 e. The van der Waals surface area contributed by atoms with Gasteiger partial charge in [0.05, 0.1) is 6.10 Å². The van der Waals surface area contributed by atoms with Crippen LogP contribution < -0.4 is 4.90 Å². The van der Waals surface area contributed by atoms with E-state index in [4.69, 9.17) is 0 Å². The van der Waals surface area contributed by atoms with Gasteiger partial charge in [0.15, 0.2) is 0 Å². The Balaban J connectivity index is 2.23. The number of nitrogens with zero attached hydrogens (tertiary/aromatic N) is 1. The summed E-state index contributed by atoms with van der Waals surface area (Å²) in [5, 5.41) is 9.90. The Morgan fingerprint density at radius 2 is 1.80 bits per heavy atom. The highest BCUT2D eigenvalue weighted by molar-refractivity contribution is 5.57. The number of rotatable bonds is 3. The molecule has 2 rings (SSSR count). The lowest BCUT2D eigenvalue weighted by Crippen LogP contribution is -2.36. The van der Waals surface area contributed by atoms with Crippen LogP contribution in [-0.4, -0.2) is 18.2 Å². The van der Waals surface area contributed by atoms with Crippen molar-refractivity contribution in [1.82, 2.24) is 0 Å². The van der Waals surface area contributed by atoms with Gasteiger partial charge in [-0.15, -0.1) is 0 Å². The van der Waals surface area contributed by atoms with E-state index in [2.05, 4.69) is 18.7 Å². The van der Waals surface area contributed by atoms with E-state index in [9.17, 15) is 9.50 Å². The third-order valence-corrected chi connectivity index (χ3v) is 4.58. The van der Waals surface area contributed by atoms with Gasteiger partial charge in [0.2, 0.25) is 0 Å². The molecule has 1 N–H and O–H groups in total. The summed E-state index contributed by atoms with van der Waals surface area (Å²) in [5.74, 6) is 1.27. The molecule has 0 aliphatic carbocycles. The van der Waals surface area contributed by atoms with Crippen molar-refractivity contribution in [3.63, 3.8) is 0 Å². The van der Waals surface area contributed by atoms with Crippen LogP contribution in [0.25, 0.3) is 0 Å². The zero-order valence-electron chi connectivity index (χ0n) is 13.0. The Hall–Kier alpha value is -1.09. The molecule has 1 aromatic carbocycles. The van der Waals surface area contributed by atoms with Gasteiger partial charge in [0.1, 0.15) is 5.82 Å². The molecule has 0 unspecified atom stereocenters. The number of aryl methyl sites for hydroxylation is 1. The molecule has 1 aliphatic rings. The predicted molar refractivity (Wildman–Crippen MR) is 81.5 cm³/mol. The first-order valence-corrected chi connectivity index (χ1v) is 7.63. The average Bonchev–Trinajstić information content (AvgIpc) is 2.41. The van der Waals surface area contributed by atoms with E-state index in [1.165, 1.54) is 18.9 Å². The van der Waals surface area contributed by atoms with Crippen molar-refractivity contribution in [3.05, 3.63) is 29.1 Å². The van der Waals surface area contributed by atoms with Crippen LogP contribution in [0, 0.1) is 24.6 Å². The molecule has 0 bridgehead atoms. The first-order valence-electron chi connectivity index (χ1n) is 7.63. The van der Waals surface area contributed by atoms with E-state index in [-0.39, 0.29) is 5.82 Å². The molecular formula is C17H26FNO. The summed E-state index contributed by atoms with van der Waals surface area (Å²) in [5.41, 5.74) is 2.35. The van der Waals surface area contributed by atoms with E-state index >= 15 is 0 Å². The standard InChI is InChI=1S/C17H26FNO/c1-11(2)14-5-7-19(8-6-14)17-9-12(3)16(18)10-15(17)13(4)20/h9-11,13-14,20H,5-8H2,1-4H3/t13-/m0/s1. The van der Waals surface area contributed by atoms with Crippen LogP contribution in [0.1, 0.15) is 50.8 Å². The van der Waals surface area contributed by atoms with Gasteiger partial charge in [-0.3, -0.25) is 0 Å². The fourth-order valence-corrected chi connectivity index (χ4v) is 3.10. The fourth-order valence-electron chi connectivity index (χ4n) is 3.10. The van der Waals surface area contributed by atoms with Crippen LogP contribution in [0.3, 0.4) is 0 Å². The Labute approximate surface area is 121 Å². The number of aliphatic hydroxyl groups excluding tert-OH is 1. The molecule has 1 heterocycles. The summed E-state index contributed by atoms with van der Waals surface area (Å²) in [6.07, 6.45) is 1.71. The van der Waals surface area contributed by atoms with Gasteiger partial charge in [0, 0.05) is 24.3 Å². The molecule has 0 aromatic heterocycles. The smallest absolute Gasteiger partial charge is 0.126 e. The predicted octanol–water partition coefficient (Wildman–Crippen LogP) is 4.06. The van der Waals surface area contributed by atoms with Gasteiger partial charge in [0.25, 0.3) is 0 Å². The highest BCUT2D eigenvalue weighted by Crippen LogP contribution is 2.33. The quantitative estimate of drug-likeness (QED) is 0.902. The van der Waals surface area contributed by atoms with Crippen molar-refractivity contribution < 1.29 is 9.50 Å². The Morgan fingerprint density at radius 1 is 1.20 bits per heavy atom. The van der Waals surface area contributed by atoms with Gasteiger partial charge in [-0.25, -0.2) is 4.39 Å². The maximum atomic E-state index is 13.7. The zero-order valence-corrected chi connectivity index (χ0v) is 13.0. The van der Waals surface area contributed by atoms with Gasteiger partial charge in [-0.1, -0.05) is 13.8 Å². The van der Waals surface area contributed by atoms with Crippen molar-refractivity contribution in [2.45, 2.75) is 46.6 Å². The van der Waals surface area contributed by atoms with Crippen LogP contribution in [-0.2, 0) is 0 Å². The largest absolute Gasteiger partial charge is 0.389 e. The molecule has 1 aromatic rings. The molecule has 20 heavy (non-hydrogen) atoms. The second kappa shape index (κ2) is 6.13. The average molecular weight is 279 g/mol. The van der Waals surface area contributed by atoms with Gasteiger partial charge in [-0.2, -0.15) is 0 Å². The number of aliphatic hydroxyl groups is 1. The number of piperidine rings is 1. The van der Waals surface area contributed by atoms with E-state index < -0.39 is 6.10 Å². The molecule has 0 saturated carbocycles. The summed E-state index contributed by atoms with van der Waals surface area (Å²) in [4.78, 5) is 2.30. The third kappa shape index (κ3) is 3.14. The Bertz CT molecular complexity index is 462. The van der Waals surface area contributed by atoms with Gasteiger partial charge < -0.3 is 10.0 Å². The molecule has 1 fully saturated rings. The van der Waals surface area contributed by atoms with Gasteiger partial charge in [-0.05, 0) is 56.2 Å². The van der Waals surface area contributed by atoms with Gasteiger partial charge >= 0.3 is 0 Å². The highest BCUT2D eigenvalue weighted by atomic mass is 19.1. The molecular weight excluding hydrogens is 253 g/mol. The van der Waals surface area contributed by atoms with E-state index in [1.807, 2.05) is 6.07 Å². The lowest BCUT2D eigenvalue weighted by Gasteiger charge is -2.37. The first-order chi connectivity index (χ1) is 9.40. The topological polar surface area (TPSA) is 23.5 Å². The summed E-state index contributed by atoms with van der Waals surface area (Å²) < 4.78 is 13.7. The number of hydrogen-bond donors (Lipinski definition) is 1. The fraction of sp³-hybridized carbons (Fsp3) is 0.647. The highest BCUT2D eigenvalue weighted by Gasteiger charge is 2.24. The molecule has 0 amide bonds. The molecule has 112 valence electrons. The number of benzene rings is 1. The van der Waals surface area contributed by atoms with E-state index in [0.717, 1.165) is 30.6 Å². The first kappa shape index (κ1) is 15.3. The molecule has 2 nitrogen and oxygen atoms in total. The lowest BCUT2D eigenvalue weighted by atomic mass is 9.86. The summed E-state index contributed by atoms with van der Waals surface area (Å²) in [7, 11) is 0. The van der Waals surface area contributed by atoms with E-state index in [1.54, 1.807) is 13.8 Å². The minimum atomic E-state index is -0.636. The van der Waals surface area contributed by atoms with Crippen LogP contribution in [0.4, 0.5) is 10.1 Å². The van der Waals surface area contributed by atoms with Crippen LogP contribution in [0.5, 0.6) is 0 Å². The second-order valence-corrected chi connectivity index (χ2v) is 6.40. The minimum absolute atomic E-state index is 0.235. The summed E-state index contributed by atoms with van der Waals surface area (Å²) in [6, 6.07) is 3.37. The summed E-state index contributed by atoms with van der Waals surface area (Å²) >= 11 is 0. The lowest BCUT2D eigenvalue weighted by molar-refractivity contribution is 0.198. The number of halogens is 1. The minimum Gasteiger partial charge on any atom is -0.389 e. The number of hydrogen-bond acceptors (Lipinski definition) is 2. The molecule has 0 spiro atoms. The molecule has 1 saturated heterocycles. The molecule has 3 heteroatoms. The van der Waals surface area contributed by atoms with Crippen molar-refractivity contribution in [3.8, 4) is 0 Å². The number of anilines is 1. The van der Waals surface area contributed by atoms with Crippen LogP contribution in [0.2, 0.25) is 0 Å². The third-order valence-electron chi connectivity index (χ3n) is 4.58. The van der Waals surface area contributed by atoms with Crippen molar-refractivity contribution >= 4 is 5.69 Å². The SMILES string of the molecule is Cc1cc(N2CCC(C(C)C)CC2)c([C@H](C)O)cc1F. The maximum absolute atomic E-state index is 13.7. The molecule has 0 radical (unpaired) electrons. The van der Waals surface area contributed by atoms with Crippen LogP contribution in [0.15, 0.2) is 12.1 Å². The normalized spacial score (nSPS) is 18.6. The van der Waals surface area contributed by atoms with Crippen molar-refractivity contribution in [1.29, 1.82) is 0 Å². The summed E-state index contributed by atoms with van der Waals surface area (Å²) in [6.45, 7) is 10.0. The molecule has 1 aliphatic heterocycles. The van der Waals surface area contributed by atoms with Crippen LogP contribution >= 0.6 is 0 Å². The Morgan fingerprint density at radius 3 is 2.30 bits per heavy atom. The van der Waals surface area contributed by atoms with Crippen molar-refractivity contribution in [2.24, 2.45) is 11.8 Å².